The lowest BCUT2D eigenvalue weighted by atomic mass is 9.74. The summed E-state index contributed by atoms with van der Waals surface area (Å²) in [7, 11) is 0. The molecule has 1 aromatic rings. The van der Waals surface area contributed by atoms with E-state index in [4.69, 9.17) is 4.74 Å². The molecule has 1 N–H and O–H groups in total. The molecule has 0 aliphatic carbocycles. The summed E-state index contributed by atoms with van der Waals surface area (Å²) in [6.07, 6.45) is 5.62. The first-order valence-corrected chi connectivity index (χ1v) is 8.70. The summed E-state index contributed by atoms with van der Waals surface area (Å²) in [6, 6.07) is 9.27. The van der Waals surface area contributed by atoms with Crippen molar-refractivity contribution in [3.63, 3.8) is 0 Å². The smallest absolute Gasteiger partial charge is 0.0502 e. The molecule has 0 saturated carbocycles. The molecule has 3 heteroatoms. The fraction of sp³-hybridized carbons (Fsp3) is 0.684. The summed E-state index contributed by atoms with van der Waals surface area (Å²) in [5, 5.41) is 10.2. The van der Waals surface area contributed by atoms with Gasteiger partial charge in [-0.25, -0.2) is 0 Å². The summed E-state index contributed by atoms with van der Waals surface area (Å²) < 4.78 is 5.50. The van der Waals surface area contributed by atoms with Gasteiger partial charge in [0, 0.05) is 31.2 Å². The van der Waals surface area contributed by atoms with Gasteiger partial charge in [-0.15, -0.1) is 0 Å². The molecule has 3 nitrogen and oxygen atoms in total. The van der Waals surface area contributed by atoms with E-state index in [1.54, 1.807) is 0 Å². The van der Waals surface area contributed by atoms with Crippen LogP contribution < -0.4 is 0 Å². The van der Waals surface area contributed by atoms with Gasteiger partial charge >= 0.3 is 0 Å². The van der Waals surface area contributed by atoms with Crippen LogP contribution in [0, 0.1) is 12.3 Å². The normalized spacial score (nSPS) is 27.9. The summed E-state index contributed by atoms with van der Waals surface area (Å²) in [6.45, 7) is 6.47. The van der Waals surface area contributed by atoms with E-state index in [2.05, 4.69) is 36.1 Å². The molecule has 0 aromatic heterocycles. The van der Waals surface area contributed by atoms with Crippen LogP contribution in [-0.4, -0.2) is 49.0 Å². The van der Waals surface area contributed by atoms with E-state index < -0.39 is 0 Å². The number of nitrogens with zero attached hydrogens (tertiary/aromatic N) is 1. The second kappa shape index (κ2) is 7.12. The second-order valence-electron chi connectivity index (χ2n) is 7.18. The average molecular weight is 303 g/mol. The maximum atomic E-state index is 10.2. The molecule has 2 aliphatic heterocycles. The fourth-order valence-corrected chi connectivity index (χ4v) is 4.15. The molecule has 0 unspecified atom stereocenters. The minimum Gasteiger partial charge on any atom is -0.396 e. The Hall–Kier alpha value is -0.900. The first kappa shape index (κ1) is 16.0. The van der Waals surface area contributed by atoms with Crippen LogP contribution >= 0.6 is 0 Å². The molecule has 0 bridgehead atoms. The zero-order valence-electron chi connectivity index (χ0n) is 13.8. The number of benzene rings is 1. The predicted molar refractivity (Wildman–Crippen MR) is 89.0 cm³/mol. The Balaban J connectivity index is 1.72. The molecular weight excluding hydrogens is 274 g/mol. The average Bonchev–Trinajstić information content (AvgIpc) is 2.58. The SMILES string of the molecule is Cc1ccccc1C[C@@]1(CO)CCCN(C2CCOCC2)C1. The lowest BCUT2D eigenvalue weighted by molar-refractivity contribution is -0.0228. The zero-order chi connectivity index (χ0) is 15.4. The van der Waals surface area contributed by atoms with E-state index in [1.165, 1.54) is 24.1 Å². The third-order valence-corrected chi connectivity index (χ3v) is 5.56. The standard InChI is InChI=1S/C19H29NO2/c1-16-5-2-3-6-17(16)13-19(15-21)9-4-10-20(14-19)18-7-11-22-12-8-18/h2-3,5-6,18,21H,4,7-15H2,1H3/t19-/m0/s1. The predicted octanol–water partition coefficient (Wildman–Crippen LogP) is 2.79. The molecule has 2 aliphatic rings. The fourth-order valence-electron chi connectivity index (χ4n) is 4.15. The largest absolute Gasteiger partial charge is 0.396 e. The van der Waals surface area contributed by atoms with Gasteiger partial charge in [0.25, 0.3) is 0 Å². The molecule has 22 heavy (non-hydrogen) atoms. The molecule has 0 spiro atoms. The van der Waals surface area contributed by atoms with Gasteiger partial charge in [-0.05, 0) is 56.7 Å². The van der Waals surface area contributed by atoms with Crippen molar-refractivity contribution in [3.8, 4) is 0 Å². The molecule has 3 rings (SSSR count). The maximum absolute atomic E-state index is 10.2. The minimum absolute atomic E-state index is 0.0304. The number of piperidine rings is 1. The van der Waals surface area contributed by atoms with Gasteiger partial charge in [0.15, 0.2) is 0 Å². The Morgan fingerprint density at radius 2 is 2.05 bits per heavy atom. The number of aliphatic hydroxyl groups excluding tert-OH is 1. The molecule has 2 heterocycles. The van der Waals surface area contributed by atoms with E-state index in [-0.39, 0.29) is 5.41 Å². The van der Waals surface area contributed by atoms with E-state index in [0.29, 0.717) is 12.6 Å². The van der Waals surface area contributed by atoms with Crippen LogP contribution in [0.15, 0.2) is 24.3 Å². The van der Waals surface area contributed by atoms with Crippen LogP contribution in [0.25, 0.3) is 0 Å². The monoisotopic (exact) mass is 303 g/mol. The van der Waals surface area contributed by atoms with Gasteiger partial charge < -0.3 is 9.84 Å². The highest BCUT2D eigenvalue weighted by molar-refractivity contribution is 5.27. The Morgan fingerprint density at radius 1 is 1.27 bits per heavy atom. The third kappa shape index (κ3) is 3.53. The third-order valence-electron chi connectivity index (χ3n) is 5.56. The lowest BCUT2D eigenvalue weighted by Crippen LogP contribution is -2.51. The first-order chi connectivity index (χ1) is 10.7. The van der Waals surface area contributed by atoms with Gasteiger partial charge in [-0.1, -0.05) is 24.3 Å². The van der Waals surface area contributed by atoms with Crippen molar-refractivity contribution in [2.75, 3.05) is 32.9 Å². The van der Waals surface area contributed by atoms with Crippen molar-refractivity contribution in [2.24, 2.45) is 5.41 Å². The minimum atomic E-state index is 0.0304. The molecule has 0 amide bonds. The number of hydrogen-bond acceptors (Lipinski definition) is 3. The van der Waals surface area contributed by atoms with Crippen LogP contribution in [0.5, 0.6) is 0 Å². The molecule has 1 atom stereocenters. The van der Waals surface area contributed by atoms with Crippen molar-refractivity contribution >= 4 is 0 Å². The van der Waals surface area contributed by atoms with Crippen molar-refractivity contribution in [1.82, 2.24) is 4.90 Å². The van der Waals surface area contributed by atoms with Gasteiger partial charge in [-0.3, -0.25) is 4.90 Å². The molecule has 1 aromatic carbocycles. The molecule has 2 saturated heterocycles. The van der Waals surface area contributed by atoms with E-state index in [9.17, 15) is 5.11 Å². The Labute approximate surface area is 134 Å². The van der Waals surface area contributed by atoms with Crippen molar-refractivity contribution in [2.45, 2.75) is 45.1 Å². The molecule has 122 valence electrons. The van der Waals surface area contributed by atoms with Crippen molar-refractivity contribution in [3.05, 3.63) is 35.4 Å². The van der Waals surface area contributed by atoms with Crippen LogP contribution in [0.1, 0.15) is 36.8 Å². The van der Waals surface area contributed by atoms with Crippen molar-refractivity contribution in [1.29, 1.82) is 0 Å². The summed E-state index contributed by atoms with van der Waals surface area (Å²) >= 11 is 0. The molecular formula is C19H29NO2. The second-order valence-corrected chi connectivity index (χ2v) is 7.18. The molecule has 2 fully saturated rings. The Bertz CT molecular complexity index is 484. The maximum Gasteiger partial charge on any atom is 0.0502 e. The lowest BCUT2D eigenvalue weighted by Gasteiger charge is -2.46. The Kier molecular flexibility index (Phi) is 5.17. The highest BCUT2D eigenvalue weighted by Crippen LogP contribution is 2.36. The first-order valence-electron chi connectivity index (χ1n) is 8.70. The number of likely N-dealkylation sites (tertiary alicyclic amines) is 1. The number of ether oxygens (including phenoxy) is 1. The van der Waals surface area contributed by atoms with Crippen LogP contribution in [0.4, 0.5) is 0 Å². The van der Waals surface area contributed by atoms with Crippen LogP contribution in [0.3, 0.4) is 0 Å². The molecule has 0 radical (unpaired) electrons. The highest BCUT2D eigenvalue weighted by Gasteiger charge is 2.37. The van der Waals surface area contributed by atoms with Crippen LogP contribution in [-0.2, 0) is 11.2 Å². The van der Waals surface area contributed by atoms with Crippen LogP contribution in [0.2, 0.25) is 0 Å². The van der Waals surface area contributed by atoms with E-state index >= 15 is 0 Å². The van der Waals surface area contributed by atoms with Crippen molar-refractivity contribution < 1.29 is 9.84 Å². The summed E-state index contributed by atoms with van der Waals surface area (Å²) in [4.78, 5) is 2.63. The van der Waals surface area contributed by atoms with Gasteiger partial charge in [0.1, 0.15) is 0 Å². The van der Waals surface area contributed by atoms with E-state index in [1.807, 2.05) is 0 Å². The number of aliphatic hydroxyl groups is 1. The Morgan fingerprint density at radius 3 is 2.77 bits per heavy atom. The number of hydrogen-bond donors (Lipinski definition) is 1. The number of rotatable bonds is 4. The zero-order valence-corrected chi connectivity index (χ0v) is 13.8. The van der Waals surface area contributed by atoms with Gasteiger partial charge in [0.2, 0.25) is 0 Å². The highest BCUT2D eigenvalue weighted by atomic mass is 16.5. The van der Waals surface area contributed by atoms with Gasteiger partial charge in [-0.2, -0.15) is 0 Å². The number of aryl methyl sites for hydroxylation is 1. The van der Waals surface area contributed by atoms with Gasteiger partial charge in [0.05, 0.1) is 6.61 Å². The summed E-state index contributed by atoms with van der Waals surface area (Å²) in [5.74, 6) is 0. The quantitative estimate of drug-likeness (QED) is 0.928. The topological polar surface area (TPSA) is 32.7 Å². The van der Waals surface area contributed by atoms with E-state index in [0.717, 1.165) is 45.4 Å². The summed E-state index contributed by atoms with van der Waals surface area (Å²) in [5.41, 5.74) is 2.77.